The van der Waals surface area contributed by atoms with Crippen molar-refractivity contribution in [1.82, 2.24) is 19.9 Å². The molecule has 2 aromatic heterocycles. The van der Waals surface area contributed by atoms with Crippen molar-refractivity contribution in [2.75, 3.05) is 0 Å². The van der Waals surface area contributed by atoms with Crippen LogP contribution in [0.4, 0.5) is 0 Å². The highest BCUT2D eigenvalue weighted by molar-refractivity contribution is 5.83. The van der Waals surface area contributed by atoms with Gasteiger partial charge in [-0.2, -0.15) is 10.1 Å². The first-order valence-electron chi connectivity index (χ1n) is 8.63. The third kappa shape index (κ3) is 2.61. The molecular formula is C20H18N4O. The number of hydrogen-bond donors (Lipinski definition) is 0. The standard InChI is InChI=1S/C20H18N4O/c1-13-4-2-3-5-17(13)19-22-20(25-23-19)15-8-9-18-16(10-15)11-21-24(18)12-14-6-7-14/h2-5,8-11,14H,6-7,12H2,1H3. The molecule has 1 saturated carbocycles. The highest BCUT2D eigenvalue weighted by Crippen LogP contribution is 2.32. The summed E-state index contributed by atoms with van der Waals surface area (Å²) < 4.78 is 7.60. The van der Waals surface area contributed by atoms with Crippen LogP contribution in [0.1, 0.15) is 18.4 Å². The quantitative estimate of drug-likeness (QED) is 0.554. The summed E-state index contributed by atoms with van der Waals surface area (Å²) in [6.45, 7) is 3.06. The van der Waals surface area contributed by atoms with Crippen LogP contribution < -0.4 is 0 Å². The second-order valence-corrected chi connectivity index (χ2v) is 6.78. The highest BCUT2D eigenvalue weighted by Gasteiger charge is 2.23. The van der Waals surface area contributed by atoms with Gasteiger partial charge in [-0.15, -0.1) is 0 Å². The smallest absolute Gasteiger partial charge is 0.258 e. The molecule has 1 aliphatic carbocycles. The minimum absolute atomic E-state index is 0.537. The summed E-state index contributed by atoms with van der Waals surface area (Å²) in [5.74, 6) is 1.96. The van der Waals surface area contributed by atoms with E-state index in [2.05, 4.69) is 32.1 Å². The number of nitrogens with zero attached hydrogens (tertiary/aromatic N) is 4. The molecule has 0 unspecified atom stereocenters. The van der Waals surface area contributed by atoms with Gasteiger partial charge < -0.3 is 4.52 Å². The maximum Gasteiger partial charge on any atom is 0.258 e. The van der Waals surface area contributed by atoms with E-state index in [9.17, 15) is 0 Å². The van der Waals surface area contributed by atoms with Gasteiger partial charge in [0.1, 0.15) is 0 Å². The van der Waals surface area contributed by atoms with Gasteiger partial charge in [0.05, 0.1) is 11.7 Å². The number of aryl methyl sites for hydroxylation is 1. The number of hydrogen-bond acceptors (Lipinski definition) is 4. The van der Waals surface area contributed by atoms with Crippen molar-refractivity contribution in [2.45, 2.75) is 26.3 Å². The molecule has 5 nitrogen and oxygen atoms in total. The van der Waals surface area contributed by atoms with Gasteiger partial charge >= 0.3 is 0 Å². The molecule has 2 heterocycles. The van der Waals surface area contributed by atoms with Crippen LogP contribution >= 0.6 is 0 Å². The summed E-state index contributed by atoms with van der Waals surface area (Å²) in [7, 11) is 0. The number of benzene rings is 2. The van der Waals surface area contributed by atoms with Crippen LogP contribution in [-0.4, -0.2) is 19.9 Å². The molecule has 25 heavy (non-hydrogen) atoms. The van der Waals surface area contributed by atoms with Gasteiger partial charge in [-0.3, -0.25) is 4.68 Å². The Labute approximate surface area is 145 Å². The van der Waals surface area contributed by atoms with Gasteiger partial charge in [0, 0.05) is 23.1 Å². The highest BCUT2D eigenvalue weighted by atomic mass is 16.5. The number of rotatable bonds is 4. The molecule has 5 heteroatoms. The van der Waals surface area contributed by atoms with Gasteiger partial charge in [0.25, 0.3) is 5.89 Å². The molecule has 0 bridgehead atoms. The average molecular weight is 330 g/mol. The van der Waals surface area contributed by atoms with Crippen molar-refractivity contribution in [3.63, 3.8) is 0 Å². The van der Waals surface area contributed by atoms with Crippen molar-refractivity contribution in [3.8, 4) is 22.8 Å². The zero-order valence-electron chi connectivity index (χ0n) is 14.0. The number of fused-ring (bicyclic) bond motifs is 1. The molecule has 4 aromatic rings. The molecule has 1 fully saturated rings. The monoisotopic (exact) mass is 330 g/mol. The SMILES string of the molecule is Cc1ccccc1-c1noc(-c2ccc3c(cnn3CC3CC3)c2)n1. The molecule has 0 atom stereocenters. The molecule has 0 aliphatic heterocycles. The summed E-state index contributed by atoms with van der Waals surface area (Å²) in [6.07, 6.45) is 4.56. The van der Waals surface area contributed by atoms with Gasteiger partial charge in [-0.05, 0) is 49.4 Å². The van der Waals surface area contributed by atoms with E-state index in [0.717, 1.165) is 40.1 Å². The Hall–Kier alpha value is -2.95. The summed E-state index contributed by atoms with van der Waals surface area (Å²) in [4.78, 5) is 4.58. The minimum atomic E-state index is 0.537. The summed E-state index contributed by atoms with van der Waals surface area (Å²) in [6, 6.07) is 14.2. The number of aromatic nitrogens is 4. The maximum atomic E-state index is 5.50. The van der Waals surface area contributed by atoms with Gasteiger partial charge in [0.15, 0.2) is 0 Å². The van der Waals surface area contributed by atoms with E-state index in [0.29, 0.717) is 11.7 Å². The second-order valence-electron chi connectivity index (χ2n) is 6.78. The zero-order chi connectivity index (χ0) is 16.8. The molecule has 0 amide bonds. The minimum Gasteiger partial charge on any atom is -0.334 e. The average Bonchev–Trinajstić information content (AvgIpc) is 3.16. The Balaban J connectivity index is 1.50. The Kier molecular flexibility index (Phi) is 3.20. The Morgan fingerprint density at radius 2 is 2.04 bits per heavy atom. The lowest BCUT2D eigenvalue weighted by molar-refractivity contribution is 0.432. The van der Waals surface area contributed by atoms with Crippen molar-refractivity contribution in [2.24, 2.45) is 5.92 Å². The van der Waals surface area contributed by atoms with Crippen molar-refractivity contribution in [3.05, 3.63) is 54.2 Å². The Bertz CT molecular complexity index is 1060. The molecule has 0 radical (unpaired) electrons. The van der Waals surface area contributed by atoms with E-state index in [1.54, 1.807) is 0 Å². The van der Waals surface area contributed by atoms with Gasteiger partial charge in [-0.1, -0.05) is 29.4 Å². The predicted molar refractivity (Wildman–Crippen MR) is 95.9 cm³/mol. The third-order valence-electron chi connectivity index (χ3n) is 4.83. The van der Waals surface area contributed by atoms with E-state index in [1.165, 1.54) is 12.8 Å². The van der Waals surface area contributed by atoms with E-state index >= 15 is 0 Å². The van der Waals surface area contributed by atoms with E-state index in [1.807, 2.05) is 43.5 Å². The fourth-order valence-corrected chi connectivity index (χ4v) is 3.18. The first-order chi connectivity index (χ1) is 12.3. The van der Waals surface area contributed by atoms with Crippen LogP contribution in [0.2, 0.25) is 0 Å². The lowest BCUT2D eigenvalue weighted by Gasteiger charge is -2.02. The zero-order valence-corrected chi connectivity index (χ0v) is 14.0. The lowest BCUT2D eigenvalue weighted by atomic mass is 10.1. The third-order valence-corrected chi connectivity index (χ3v) is 4.83. The van der Waals surface area contributed by atoms with Crippen LogP contribution in [-0.2, 0) is 6.54 Å². The molecule has 0 N–H and O–H groups in total. The summed E-state index contributed by atoms with van der Waals surface area (Å²) in [5.41, 5.74) is 4.21. The Morgan fingerprint density at radius 3 is 2.88 bits per heavy atom. The predicted octanol–water partition coefficient (Wildman–Crippen LogP) is 4.47. The molecule has 2 aromatic carbocycles. The molecular weight excluding hydrogens is 312 g/mol. The Morgan fingerprint density at radius 1 is 1.16 bits per heavy atom. The molecule has 5 rings (SSSR count). The van der Waals surface area contributed by atoms with Crippen LogP contribution in [0.15, 0.2) is 53.2 Å². The molecule has 1 aliphatic rings. The summed E-state index contributed by atoms with van der Waals surface area (Å²) >= 11 is 0. The van der Waals surface area contributed by atoms with Crippen molar-refractivity contribution in [1.29, 1.82) is 0 Å². The van der Waals surface area contributed by atoms with Crippen molar-refractivity contribution >= 4 is 10.9 Å². The molecule has 0 spiro atoms. The van der Waals surface area contributed by atoms with Crippen LogP contribution in [0, 0.1) is 12.8 Å². The summed E-state index contributed by atoms with van der Waals surface area (Å²) in [5, 5.41) is 9.78. The van der Waals surface area contributed by atoms with E-state index < -0.39 is 0 Å². The molecule has 0 saturated heterocycles. The molecule has 124 valence electrons. The lowest BCUT2D eigenvalue weighted by Crippen LogP contribution is -2.00. The van der Waals surface area contributed by atoms with Crippen LogP contribution in [0.25, 0.3) is 33.7 Å². The first-order valence-corrected chi connectivity index (χ1v) is 8.63. The second kappa shape index (κ2) is 5.55. The normalized spacial score (nSPS) is 14.3. The van der Waals surface area contributed by atoms with Crippen LogP contribution in [0.5, 0.6) is 0 Å². The van der Waals surface area contributed by atoms with Gasteiger partial charge in [0.2, 0.25) is 5.82 Å². The van der Waals surface area contributed by atoms with Gasteiger partial charge in [-0.25, -0.2) is 0 Å². The fraction of sp³-hybridized carbons (Fsp3) is 0.250. The van der Waals surface area contributed by atoms with Crippen LogP contribution in [0.3, 0.4) is 0 Å². The van der Waals surface area contributed by atoms with E-state index in [4.69, 9.17) is 4.52 Å². The fourth-order valence-electron chi connectivity index (χ4n) is 3.18. The maximum absolute atomic E-state index is 5.50. The topological polar surface area (TPSA) is 56.7 Å². The van der Waals surface area contributed by atoms with E-state index in [-0.39, 0.29) is 0 Å². The van der Waals surface area contributed by atoms with Crippen molar-refractivity contribution < 1.29 is 4.52 Å². The largest absolute Gasteiger partial charge is 0.334 e. The first kappa shape index (κ1) is 14.4.